The highest BCUT2D eigenvalue weighted by molar-refractivity contribution is 5.78. The number of hydrogen-bond donors (Lipinski definition) is 2. The van der Waals surface area contributed by atoms with Crippen LogP contribution in [0.4, 0.5) is 5.82 Å². The van der Waals surface area contributed by atoms with Crippen LogP contribution in [0.15, 0.2) is 42.7 Å². The number of aryl methyl sites for hydroxylation is 2. The van der Waals surface area contributed by atoms with Gasteiger partial charge in [0.2, 0.25) is 0 Å². The summed E-state index contributed by atoms with van der Waals surface area (Å²) >= 11 is 0. The Hall–Kier alpha value is -3.28. The quantitative estimate of drug-likeness (QED) is 0.586. The van der Waals surface area contributed by atoms with Crippen LogP contribution in [0.25, 0.3) is 22.4 Å². The van der Waals surface area contributed by atoms with E-state index in [2.05, 4.69) is 43.2 Å². The molecule has 3 heterocycles. The zero-order chi connectivity index (χ0) is 18.1. The van der Waals surface area contributed by atoms with Gasteiger partial charge in [-0.3, -0.25) is 4.98 Å². The lowest BCUT2D eigenvalue weighted by Gasteiger charge is -2.11. The molecule has 0 spiro atoms. The predicted octanol–water partition coefficient (Wildman–Crippen LogP) is 3.95. The Balaban J connectivity index is 1.63. The summed E-state index contributed by atoms with van der Waals surface area (Å²) in [4.78, 5) is 21.5. The van der Waals surface area contributed by atoms with Crippen LogP contribution in [0.1, 0.15) is 22.6 Å². The molecule has 0 amide bonds. The van der Waals surface area contributed by atoms with Crippen LogP contribution in [-0.2, 0) is 6.54 Å². The van der Waals surface area contributed by atoms with Crippen molar-refractivity contribution in [3.8, 4) is 11.4 Å². The summed E-state index contributed by atoms with van der Waals surface area (Å²) in [6.07, 6.45) is 3.52. The molecule has 6 nitrogen and oxygen atoms in total. The number of rotatable bonds is 4. The van der Waals surface area contributed by atoms with E-state index < -0.39 is 0 Å². The van der Waals surface area contributed by atoms with Gasteiger partial charge in [0.15, 0.2) is 5.82 Å². The Morgan fingerprint density at radius 2 is 1.88 bits per heavy atom. The van der Waals surface area contributed by atoms with E-state index in [1.807, 2.05) is 38.1 Å². The second kappa shape index (κ2) is 6.55. The summed E-state index contributed by atoms with van der Waals surface area (Å²) in [6.45, 7) is 6.65. The molecule has 4 aromatic rings. The molecule has 2 N–H and O–H groups in total. The fourth-order valence-electron chi connectivity index (χ4n) is 2.90. The number of nitrogens with one attached hydrogen (secondary N) is 2. The third-order valence-electron chi connectivity index (χ3n) is 4.50. The van der Waals surface area contributed by atoms with Crippen LogP contribution in [-0.4, -0.2) is 24.9 Å². The largest absolute Gasteiger partial charge is 0.362 e. The van der Waals surface area contributed by atoms with Gasteiger partial charge in [0, 0.05) is 29.2 Å². The van der Waals surface area contributed by atoms with Crippen molar-refractivity contribution in [3.05, 3.63) is 65.4 Å². The molecule has 0 unspecified atom stereocenters. The van der Waals surface area contributed by atoms with E-state index in [1.54, 1.807) is 12.4 Å². The Kier molecular flexibility index (Phi) is 4.08. The number of benzene rings is 1. The van der Waals surface area contributed by atoms with Crippen molar-refractivity contribution in [3.63, 3.8) is 0 Å². The Morgan fingerprint density at radius 1 is 1.00 bits per heavy atom. The minimum absolute atomic E-state index is 0.567. The van der Waals surface area contributed by atoms with Crippen LogP contribution in [0, 0.1) is 20.8 Å². The number of aromatic amines is 1. The summed E-state index contributed by atoms with van der Waals surface area (Å²) in [5.74, 6) is 2.37. The van der Waals surface area contributed by atoms with Crippen molar-refractivity contribution in [1.82, 2.24) is 24.9 Å². The number of hydrogen-bond acceptors (Lipinski definition) is 5. The van der Waals surface area contributed by atoms with Gasteiger partial charge in [-0.2, -0.15) is 0 Å². The van der Waals surface area contributed by atoms with Gasteiger partial charge in [-0.15, -0.1) is 0 Å². The van der Waals surface area contributed by atoms with Crippen LogP contribution < -0.4 is 5.32 Å². The van der Waals surface area contributed by atoms with E-state index in [-0.39, 0.29) is 0 Å². The molecule has 4 rings (SSSR count). The normalized spacial score (nSPS) is 11.0. The van der Waals surface area contributed by atoms with Crippen LogP contribution >= 0.6 is 0 Å². The molecule has 0 saturated carbocycles. The summed E-state index contributed by atoms with van der Waals surface area (Å²) in [5, 5.41) is 3.40. The maximum absolute atomic E-state index is 4.69. The fourth-order valence-corrected chi connectivity index (χ4v) is 2.90. The molecule has 0 aliphatic heterocycles. The minimum Gasteiger partial charge on any atom is -0.362 e. The molecule has 3 aromatic heterocycles. The smallest absolute Gasteiger partial charge is 0.163 e. The van der Waals surface area contributed by atoms with E-state index in [9.17, 15) is 0 Å². The van der Waals surface area contributed by atoms with E-state index in [4.69, 9.17) is 0 Å². The monoisotopic (exact) mass is 344 g/mol. The summed E-state index contributed by atoms with van der Waals surface area (Å²) < 4.78 is 0. The van der Waals surface area contributed by atoms with Crippen LogP contribution in [0.3, 0.4) is 0 Å². The molecule has 0 fully saturated rings. The van der Waals surface area contributed by atoms with Crippen LogP contribution in [0.5, 0.6) is 0 Å². The number of imidazole rings is 1. The molecule has 0 radical (unpaired) electrons. The van der Waals surface area contributed by atoms with Crippen molar-refractivity contribution in [2.45, 2.75) is 27.3 Å². The topological polar surface area (TPSA) is 79.4 Å². The van der Waals surface area contributed by atoms with Gasteiger partial charge in [0.1, 0.15) is 11.6 Å². The number of pyridine rings is 1. The second-order valence-electron chi connectivity index (χ2n) is 6.36. The molecule has 0 aliphatic carbocycles. The second-order valence-corrected chi connectivity index (χ2v) is 6.36. The number of aromatic nitrogens is 5. The molecule has 0 bridgehead atoms. The highest BCUT2D eigenvalue weighted by atomic mass is 15.1. The van der Waals surface area contributed by atoms with Gasteiger partial charge < -0.3 is 10.3 Å². The van der Waals surface area contributed by atoms with Crippen molar-refractivity contribution < 1.29 is 0 Å². The summed E-state index contributed by atoms with van der Waals surface area (Å²) in [5.41, 5.74) is 6.10. The van der Waals surface area contributed by atoms with E-state index in [1.165, 1.54) is 0 Å². The van der Waals surface area contributed by atoms with Gasteiger partial charge in [0.25, 0.3) is 0 Å². The first-order valence-electron chi connectivity index (χ1n) is 8.55. The highest BCUT2D eigenvalue weighted by Gasteiger charge is 2.11. The fraction of sp³-hybridized carbons (Fsp3) is 0.200. The maximum Gasteiger partial charge on any atom is 0.163 e. The lowest BCUT2D eigenvalue weighted by atomic mass is 10.2. The van der Waals surface area contributed by atoms with Gasteiger partial charge >= 0.3 is 0 Å². The summed E-state index contributed by atoms with van der Waals surface area (Å²) in [7, 11) is 0. The van der Waals surface area contributed by atoms with Crippen molar-refractivity contribution in [2.24, 2.45) is 0 Å². The Morgan fingerprint density at radius 3 is 2.65 bits per heavy atom. The molecule has 130 valence electrons. The molecular formula is C20H20N6. The minimum atomic E-state index is 0.567. The number of anilines is 1. The van der Waals surface area contributed by atoms with E-state index in [0.717, 1.165) is 45.1 Å². The Labute approximate surface area is 151 Å². The SMILES string of the molecule is Cc1nc(-c2cccnc2)nc(NCc2nc3c(C)cccc3[nH]2)c1C. The van der Waals surface area contributed by atoms with Crippen molar-refractivity contribution >= 4 is 16.9 Å². The predicted molar refractivity (Wildman–Crippen MR) is 103 cm³/mol. The Bertz CT molecular complexity index is 1070. The lowest BCUT2D eigenvalue weighted by Crippen LogP contribution is -2.08. The molecule has 0 aliphatic rings. The maximum atomic E-state index is 4.69. The average molecular weight is 344 g/mol. The average Bonchev–Trinajstić information content (AvgIpc) is 3.08. The molecule has 6 heteroatoms. The number of H-pyrrole nitrogens is 1. The number of para-hydroxylation sites is 1. The van der Waals surface area contributed by atoms with Gasteiger partial charge in [-0.05, 0) is 44.5 Å². The van der Waals surface area contributed by atoms with Gasteiger partial charge in [0.05, 0.1) is 17.6 Å². The van der Waals surface area contributed by atoms with E-state index in [0.29, 0.717) is 12.4 Å². The highest BCUT2D eigenvalue weighted by Crippen LogP contribution is 2.22. The zero-order valence-electron chi connectivity index (χ0n) is 15.0. The first-order valence-corrected chi connectivity index (χ1v) is 8.55. The first kappa shape index (κ1) is 16.2. The molecule has 1 aromatic carbocycles. The number of fused-ring (bicyclic) bond motifs is 1. The molecule has 0 atom stereocenters. The van der Waals surface area contributed by atoms with Gasteiger partial charge in [-0.25, -0.2) is 15.0 Å². The van der Waals surface area contributed by atoms with Crippen LogP contribution in [0.2, 0.25) is 0 Å². The lowest BCUT2D eigenvalue weighted by molar-refractivity contribution is 0.975. The summed E-state index contributed by atoms with van der Waals surface area (Å²) in [6, 6.07) is 9.99. The standard InChI is InChI=1S/C20H20N6/c1-12-6-4-8-16-18(12)25-17(24-16)11-22-19-13(2)14(3)23-20(26-19)15-7-5-9-21-10-15/h4-10H,11H2,1-3H3,(H,24,25)(H,22,23,26). The first-order chi connectivity index (χ1) is 12.6. The third-order valence-corrected chi connectivity index (χ3v) is 4.50. The van der Waals surface area contributed by atoms with Crippen molar-refractivity contribution in [1.29, 1.82) is 0 Å². The zero-order valence-corrected chi connectivity index (χ0v) is 15.0. The molecular weight excluding hydrogens is 324 g/mol. The van der Waals surface area contributed by atoms with E-state index >= 15 is 0 Å². The van der Waals surface area contributed by atoms with Gasteiger partial charge in [-0.1, -0.05) is 12.1 Å². The number of nitrogens with zero attached hydrogens (tertiary/aromatic N) is 4. The molecule has 26 heavy (non-hydrogen) atoms. The van der Waals surface area contributed by atoms with Crippen molar-refractivity contribution in [2.75, 3.05) is 5.32 Å². The third kappa shape index (κ3) is 3.01. The molecule has 0 saturated heterocycles.